The second-order valence-electron chi connectivity index (χ2n) is 6.14. The van der Waals surface area contributed by atoms with Gasteiger partial charge in [-0.2, -0.15) is 0 Å². The number of rotatable bonds is 7. The minimum absolute atomic E-state index is 0.0295. The van der Waals surface area contributed by atoms with Crippen molar-refractivity contribution >= 4 is 29.0 Å². The highest BCUT2D eigenvalue weighted by Crippen LogP contribution is 2.23. The average Bonchev–Trinajstić information content (AvgIpc) is 3.19. The van der Waals surface area contributed by atoms with E-state index in [-0.39, 0.29) is 11.9 Å². The van der Waals surface area contributed by atoms with E-state index in [1.165, 1.54) is 5.56 Å². The standard InChI is InChI=1S/C21H22N2OS2/c1-3-20(16-6-4-15(2)5-7-16)23-21(24)17-8-10-19(11-9-17)26-13-18-12-25-14-22-18/h4-12,14,20H,3,13H2,1-2H3,(H,23,24)/t20-/m0/s1. The van der Waals surface area contributed by atoms with Crippen LogP contribution in [0.4, 0.5) is 0 Å². The molecule has 0 radical (unpaired) electrons. The van der Waals surface area contributed by atoms with E-state index >= 15 is 0 Å². The zero-order valence-corrected chi connectivity index (χ0v) is 16.6. The van der Waals surface area contributed by atoms with E-state index in [4.69, 9.17) is 0 Å². The highest BCUT2D eigenvalue weighted by Gasteiger charge is 2.14. The van der Waals surface area contributed by atoms with Crippen molar-refractivity contribution < 1.29 is 4.79 Å². The SMILES string of the molecule is CC[C@H](NC(=O)c1ccc(SCc2cscn2)cc1)c1ccc(C)cc1. The summed E-state index contributed by atoms with van der Waals surface area (Å²) in [5, 5.41) is 5.20. The summed E-state index contributed by atoms with van der Waals surface area (Å²) in [6.45, 7) is 4.15. The zero-order valence-electron chi connectivity index (χ0n) is 14.9. The number of aryl methyl sites for hydroxylation is 1. The number of thioether (sulfide) groups is 1. The number of nitrogens with one attached hydrogen (secondary N) is 1. The third kappa shape index (κ3) is 4.96. The first-order chi connectivity index (χ1) is 12.7. The van der Waals surface area contributed by atoms with E-state index in [9.17, 15) is 4.79 Å². The van der Waals surface area contributed by atoms with Crippen LogP contribution < -0.4 is 5.32 Å². The summed E-state index contributed by atoms with van der Waals surface area (Å²) in [5.74, 6) is 0.814. The first-order valence-electron chi connectivity index (χ1n) is 8.63. The van der Waals surface area contributed by atoms with Crippen molar-refractivity contribution in [3.8, 4) is 0 Å². The number of benzene rings is 2. The van der Waals surface area contributed by atoms with Crippen LogP contribution in [-0.4, -0.2) is 10.9 Å². The predicted octanol–water partition coefficient (Wildman–Crippen LogP) is 5.62. The number of aromatic nitrogens is 1. The van der Waals surface area contributed by atoms with Crippen LogP contribution in [0.3, 0.4) is 0 Å². The van der Waals surface area contributed by atoms with Crippen molar-refractivity contribution in [2.45, 2.75) is 37.0 Å². The number of nitrogens with zero attached hydrogens (tertiary/aromatic N) is 1. The Kier molecular flexibility index (Phi) is 6.47. The summed E-state index contributed by atoms with van der Waals surface area (Å²) >= 11 is 3.34. The van der Waals surface area contributed by atoms with Crippen LogP contribution in [0.1, 0.15) is 46.6 Å². The van der Waals surface area contributed by atoms with Gasteiger partial charge in [0.1, 0.15) is 0 Å². The Morgan fingerprint density at radius 2 is 1.88 bits per heavy atom. The van der Waals surface area contributed by atoms with Crippen LogP contribution in [0, 0.1) is 6.92 Å². The highest BCUT2D eigenvalue weighted by molar-refractivity contribution is 7.98. The summed E-state index contributed by atoms with van der Waals surface area (Å²) in [4.78, 5) is 18.0. The molecule has 0 aliphatic heterocycles. The molecule has 3 aromatic rings. The van der Waals surface area contributed by atoms with Crippen molar-refractivity contribution in [1.82, 2.24) is 10.3 Å². The summed E-state index contributed by atoms with van der Waals surface area (Å²) in [7, 11) is 0. The van der Waals surface area contributed by atoms with Crippen molar-refractivity contribution in [1.29, 1.82) is 0 Å². The normalized spacial score (nSPS) is 11.9. The fourth-order valence-electron chi connectivity index (χ4n) is 2.63. The Hall–Kier alpha value is -2.11. The Bertz CT molecular complexity index is 827. The number of hydrogen-bond acceptors (Lipinski definition) is 4. The molecule has 3 nitrogen and oxygen atoms in total. The molecule has 0 saturated heterocycles. The van der Waals surface area contributed by atoms with Gasteiger partial charge >= 0.3 is 0 Å². The quantitative estimate of drug-likeness (QED) is 0.539. The fourth-order valence-corrected chi connectivity index (χ4v) is 4.09. The van der Waals surface area contributed by atoms with Gasteiger partial charge in [0, 0.05) is 21.6 Å². The molecule has 2 aromatic carbocycles. The molecule has 3 rings (SSSR count). The monoisotopic (exact) mass is 382 g/mol. The maximum absolute atomic E-state index is 12.6. The lowest BCUT2D eigenvalue weighted by atomic mass is 10.0. The van der Waals surface area contributed by atoms with Gasteiger partial charge in [-0.1, -0.05) is 36.8 Å². The summed E-state index contributed by atoms with van der Waals surface area (Å²) < 4.78 is 0. The molecule has 0 bridgehead atoms. The third-order valence-corrected chi connectivity index (χ3v) is 5.86. The Morgan fingerprint density at radius 1 is 1.15 bits per heavy atom. The van der Waals surface area contributed by atoms with Crippen LogP contribution in [0.2, 0.25) is 0 Å². The molecule has 0 aliphatic rings. The van der Waals surface area contributed by atoms with E-state index in [1.54, 1.807) is 23.1 Å². The average molecular weight is 383 g/mol. The van der Waals surface area contributed by atoms with Gasteiger partial charge in [0.05, 0.1) is 17.2 Å². The molecule has 0 fully saturated rings. The van der Waals surface area contributed by atoms with Crippen molar-refractivity contribution in [3.63, 3.8) is 0 Å². The topological polar surface area (TPSA) is 42.0 Å². The molecule has 5 heteroatoms. The lowest BCUT2D eigenvalue weighted by Gasteiger charge is -2.18. The van der Waals surface area contributed by atoms with Gasteiger partial charge in [0.25, 0.3) is 5.91 Å². The van der Waals surface area contributed by atoms with E-state index < -0.39 is 0 Å². The molecule has 1 N–H and O–H groups in total. The van der Waals surface area contributed by atoms with Gasteiger partial charge in [-0.25, -0.2) is 4.98 Å². The van der Waals surface area contributed by atoms with Gasteiger partial charge in [0.2, 0.25) is 0 Å². The van der Waals surface area contributed by atoms with E-state index in [1.807, 2.05) is 29.8 Å². The first-order valence-corrected chi connectivity index (χ1v) is 10.6. The minimum atomic E-state index is -0.0338. The fraction of sp³-hybridized carbons (Fsp3) is 0.238. The minimum Gasteiger partial charge on any atom is -0.345 e. The predicted molar refractivity (Wildman–Crippen MR) is 110 cm³/mol. The van der Waals surface area contributed by atoms with Crippen molar-refractivity contribution in [3.05, 3.63) is 81.8 Å². The van der Waals surface area contributed by atoms with E-state index in [0.29, 0.717) is 5.56 Å². The number of carbonyl (C=O) groups is 1. The van der Waals surface area contributed by atoms with Crippen LogP contribution >= 0.6 is 23.1 Å². The summed E-state index contributed by atoms with van der Waals surface area (Å²) in [6.07, 6.45) is 0.858. The number of amides is 1. The van der Waals surface area contributed by atoms with Gasteiger partial charge in [-0.3, -0.25) is 4.79 Å². The number of hydrogen-bond donors (Lipinski definition) is 1. The second-order valence-corrected chi connectivity index (χ2v) is 7.91. The molecular weight excluding hydrogens is 360 g/mol. The largest absolute Gasteiger partial charge is 0.345 e. The molecule has 0 aliphatic carbocycles. The van der Waals surface area contributed by atoms with Gasteiger partial charge < -0.3 is 5.32 Å². The lowest BCUT2D eigenvalue weighted by Crippen LogP contribution is -2.28. The molecule has 0 saturated carbocycles. The van der Waals surface area contributed by atoms with Crippen molar-refractivity contribution in [2.24, 2.45) is 0 Å². The maximum atomic E-state index is 12.6. The third-order valence-electron chi connectivity index (χ3n) is 4.18. The Morgan fingerprint density at radius 3 is 2.50 bits per heavy atom. The highest BCUT2D eigenvalue weighted by atomic mass is 32.2. The van der Waals surface area contributed by atoms with Gasteiger partial charge in [-0.15, -0.1) is 23.1 Å². The van der Waals surface area contributed by atoms with E-state index in [2.05, 4.69) is 53.8 Å². The van der Waals surface area contributed by atoms with Crippen LogP contribution in [0.15, 0.2) is 64.3 Å². The molecule has 1 aromatic heterocycles. The summed E-state index contributed by atoms with van der Waals surface area (Å²) in [6, 6.07) is 16.1. The smallest absolute Gasteiger partial charge is 0.251 e. The Labute approximate surface area is 162 Å². The van der Waals surface area contributed by atoms with Crippen LogP contribution in [0.5, 0.6) is 0 Å². The van der Waals surface area contributed by atoms with Crippen LogP contribution in [0.25, 0.3) is 0 Å². The van der Waals surface area contributed by atoms with E-state index in [0.717, 1.165) is 28.3 Å². The molecule has 1 heterocycles. The van der Waals surface area contributed by atoms with Gasteiger partial charge in [-0.05, 0) is 43.2 Å². The molecule has 1 atom stereocenters. The lowest BCUT2D eigenvalue weighted by molar-refractivity contribution is 0.0935. The zero-order chi connectivity index (χ0) is 18.4. The Balaban J connectivity index is 1.60. The van der Waals surface area contributed by atoms with Gasteiger partial charge in [0.15, 0.2) is 0 Å². The maximum Gasteiger partial charge on any atom is 0.251 e. The summed E-state index contributed by atoms with van der Waals surface area (Å²) in [5.41, 5.74) is 5.99. The molecule has 134 valence electrons. The molecular formula is C21H22N2OS2. The number of carbonyl (C=O) groups excluding carboxylic acids is 1. The molecule has 26 heavy (non-hydrogen) atoms. The molecule has 1 amide bonds. The first kappa shape index (κ1) is 18.7. The van der Waals surface area contributed by atoms with Crippen LogP contribution in [-0.2, 0) is 5.75 Å². The second kappa shape index (κ2) is 9.01. The molecule has 0 unspecified atom stereocenters. The molecule has 0 spiro atoms. The number of thiazole rings is 1. The van der Waals surface area contributed by atoms with Crippen molar-refractivity contribution in [2.75, 3.05) is 0 Å².